The summed E-state index contributed by atoms with van der Waals surface area (Å²) in [6.45, 7) is 3.66. The van der Waals surface area contributed by atoms with E-state index in [0.717, 1.165) is 18.9 Å². The van der Waals surface area contributed by atoms with Gasteiger partial charge in [0.1, 0.15) is 12.4 Å². The minimum Gasteiger partial charge on any atom is -0.487 e. The molecule has 20 heavy (non-hydrogen) atoms. The van der Waals surface area contributed by atoms with Crippen LogP contribution in [0.4, 0.5) is 13.2 Å². The van der Waals surface area contributed by atoms with E-state index in [-0.39, 0.29) is 17.4 Å². The van der Waals surface area contributed by atoms with E-state index in [9.17, 15) is 13.2 Å². The first-order valence-corrected chi connectivity index (χ1v) is 6.63. The molecule has 1 aromatic carbocycles. The summed E-state index contributed by atoms with van der Waals surface area (Å²) in [5, 5.41) is 3.33. The SMILES string of the molecule is C=C(Cl)COc1ccc(CNC2CC2)cc1C(F)(F)F. The van der Waals surface area contributed by atoms with Gasteiger partial charge in [-0.15, -0.1) is 0 Å². The molecule has 1 aliphatic rings. The third-order valence-corrected chi connectivity index (χ3v) is 3.01. The molecule has 2 nitrogen and oxygen atoms in total. The van der Waals surface area contributed by atoms with Gasteiger partial charge in [0.2, 0.25) is 0 Å². The van der Waals surface area contributed by atoms with Crippen molar-refractivity contribution >= 4 is 11.6 Å². The second-order valence-electron chi connectivity index (χ2n) is 4.79. The van der Waals surface area contributed by atoms with Crippen molar-refractivity contribution in [2.24, 2.45) is 0 Å². The van der Waals surface area contributed by atoms with Crippen LogP contribution in [-0.4, -0.2) is 12.6 Å². The minimum atomic E-state index is -4.46. The van der Waals surface area contributed by atoms with Crippen LogP contribution in [0.2, 0.25) is 0 Å². The monoisotopic (exact) mass is 305 g/mol. The number of benzene rings is 1. The van der Waals surface area contributed by atoms with E-state index in [4.69, 9.17) is 16.3 Å². The van der Waals surface area contributed by atoms with Crippen molar-refractivity contribution in [3.8, 4) is 5.75 Å². The number of rotatable bonds is 6. The van der Waals surface area contributed by atoms with Gasteiger partial charge in [-0.3, -0.25) is 0 Å². The lowest BCUT2D eigenvalue weighted by atomic mass is 10.1. The largest absolute Gasteiger partial charge is 0.487 e. The van der Waals surface area contributed by atoms with Gasteiger partial charge in [0.05, 0.1) is 5.56 Å². The first-order chi connectivity index (χ1) is 9.36. The fraction of sp³-hybridized carbons (Fsp3) is 0.429. The Bertz CT molecular complexity index is 498. The second-order valence-corrected chi connectivity index (χ2v) is 5.32. The Morgan fingerprint density at radius 1 is 1.40 bits per heavy atom. The number of nitrogens with one attached hydrogen (secondary N) is 1. The molecule has 0 saturated heterocycles. The van der Waals surface area contributed by atoms with Crippen molar-refractivity contribution in [3.63, 3.8) is 0 Å². The van der Waals surface area contributed by atoms with Gasteiger partial charge < -0.3 is 10.1 Å². The molecule has 0 aliphatic heterocycles. The molecule has 2 rings (SSSR count). The van der Waals surface area contributed by atoms with Gasteiger partial charge in [0.15, 0.2) is 0 Å². The van der Waals surface area contributed by atoms with Gasteiger partial charge in [-0.2, -0.15) is 13.2 Å². The van der Waals surface area contributed by atoms with Crippen LogP contribution in [0.5, 0.6) is 5.75 Å². The average molecular weight is 306 g/mol. The highest BCUT2D eigenvalue weighted by Gasteiger charge is 2.34. The van der Waals surface area contributed by atoms with Crippen molar-refractivity contribution in [2.45, 2.75) is 31.6 Å². The fourth-order valence-electron chi connectivity index (χ4n) is 1.74. The van der Waals surface area contributed by atoms with Crippen molar-refractivity contribution in [1.29, 1.82) is 0 Å². The second kappa shape index (κ2) is 6.06. The molecule has 0 amide bonds. The van der Waals surface area contributed by atoms with E-state index in [0.29, 0.717) is 18.2 Å². The summed E-state index contributed by atoms with van der Waals surface area (Å²) in [6.07, 6.45) is -2.28. The molecule has 1 N–H and O–H groups in total. The summed E-state index contributed by atoms with van der Waals surface area (Å²) in [7, 11) is 0. The summed E-state index contributed by atoms with van der Waals surface area (Å²) in [6, 6.07) is 4.51. The van der Waals surface area contributed by atoms with Crippen molar-refractivity contribution in [2.75, 3.05) is 6.61 Å². The Morgan fingerprint density at radius 3 is 2.65 bits per heavy atom. The number of hydrogen-bond acceptors (Lipinski definition) is 2. The Balaban J connectivity index is 2.15. The molecule has 110 valence electrons. The standard InChI is InChI=1S/C14H15ClF3NO/c1-9(15)8-20-13-5-2-10(7-19-11-3-4-11)6-12(13)14(16,17)18/h2,5-6,11,19H,1,3-4,7-8H2. The highest BCUT2D eigenvalue weighted by molar-refractivity contribution is 6.29. The highest BCUT2D eigenvalue weighted by atomic mass is 35.5. The van der Waals surface area contributed by atoms with Crippen LogP contribution < -0.4 is 10.1 Å². The fourth-order valence-corrected chi connectivity index (χ4v) is 1.79. The molecule has 0 unspecified atom stereocenters. The number of halogens is 4. The van der Waals surface area contributed by atoms with Crippen LogP contribution in [-0.2, 0) is 12.7 Å². The zero-order valence-corrected chi connectivity index (χ0v) is 11.5. The third-order valence-electron chi connectivity index (χ3n) is 2.91. The Labute approximate surface area is 120 Å². The Hall–Kier alpha value is -1.20. The number of alkyl halides is 3. The quantitative estimate of drug-likeness (QED) is 0.855. The molecule has 1 aromatic rings. The molecule has 0 spiro atoms. The summed E-state index contributed by atoms with van der Waals surface area (Å²) in [5.41, 5.74) is -0.202. The molecule has 0 heterocycles. The van der Waals surface area contributed by atoms with Crippen LogP contribution in [0.3, 0.4) is 0 Å². The lowest BCUT2D eigenvalue weighted by Gasteiger charge is -2.15. The van der Waals surface area contributed by atoms with Crippen LogP contribution in [0.1, 0.15) is 24.0 Å². The van der Waals surface area contributed by atoms with Crippen molar-refractivity contribution in [1.82, 2.24) is 5.32 Å². The maximum atomic E-state index is 13.0. The molecule has 1 aliphatic carbocycles. The zero-order chi connectivity index (χ0) is 14.8. The predicted octanol–water partition coefficient (Wildman–Crippen LogP) is 4.09. The average Bonchev–Trinajstić information content (AvgIpc) is 3.17. The van der Waals surface area contributed by atoms with E-state index in [1.54, 1.807) is 6.07 Å². The maximum Gasteiger partial charge on any atom is 0.419 e. The number of hydrogen-bond donors (Lipinski definition) is 1. The van der Waals surface area contributed by atoms with Gasteiger partial charge in [-0.1, -0.05) is 24.2 Å². The van der Waals surface area contributed by atoms with Gasteiger partial charge in [-0.05, 0) is 30.5 Å². The smallest absolute Gasteiger partial charge is 0.419 e. The summed E-state index contributed by atoms with van der Waals surface area (Å²) < 4.78 is 44.1. The van der Waals surface area contributed by atoms with Gasteiger partial charge in [-0.25, -0.2) is 0 Å². The molecular weight excluding hydrogens is 291 g/mol. The van der Waals surface area contributed by atoms with Crippen molar-refractivity contribution < 1.29 is 17.9 Å². The highest BCUT2D eigenvalue weighted by Crippen LogP contribution is 2.37. The van der Waals surface area contributed by atoms with E-state index >= 15 is 0 Å². The molecule has 0 aromatic heterocycles. The van der Waals surface area contributed by atoms with Crippen LogP contribution in [0, 0.1) is 0 Å². The molecular formula is C14H15ClF3NO. The molecule has 1 fully saturated rings. The van der Waals surface area contributed by atoms with Crippen LogP contribution >= 0.6 is 11.6 Å². The summed E-state index contributed by atoms with van der Waals surface area (Å²) in [4.78, 5) is 0. The third kappa shape index (κ3) is 4.42. The number of ether oxygens (including phenoxy) is 1. The van der Waals surface area contributed by atoms with E-state index in [1.807, 2.05) is 0 Å². The van der Waals surface area contributed by atoms with E-state index < -0.39 is 11.7 Å². The topological polar surface area (TPSA) is 21.3 Å². The van der Waals surface area contributed by atoms with Crippen LogP contribution in [0.25, 0.3) is 0 Å². The lowest BCUT2D eigenvalue weighted by Crippen LogP contribution is -2.16. The molecule has 0 bridgehead atoms. The maximum absolute atomic E-state index is 13.0. The Kier molecular flexibility index (Phi) is 4.60. The Morgan fingerprint density at radius 2 is 2.10 bits per heavy atom. The van der Waals surface area contributed by atoms with Gasteiger partial charge in [0, 0.05) is 17.6 Å². The normalized spacial score (nSPS) is 15.2. The predicted molar refractivity (Wildman–Crippen MR) is 71.8 cm³/mol. The molecule has 6 heteroatoms. The van der Waals surface area contributed by atoms with Gasteiger partial charge >= 0.3 is 6.18 Å². The van der Waals surface area contributed by atoms with E-state index in [2.05, 4.69) is 11.9 Å². The minimum absolute atomic E-state index is 0.149. The first kappa shape index (κ1) is 15.2. The molecule has 1 saturated carbocycles. The van der Waals surface area contributed by atoms with E-state index in [1.165, 1.54) is 6.07 Å². The summed E-state index contributed by atoms with van der Waals surface area (Å²) >= 11 is 5.51. The first-order valence-electron chi connectivity index (χ1n) is 6.26. The van der Waals surface area contributed by atoms with Crippen molar-refractivity contribution in [3.05, 3.63) is 40.9 Å². The zero-order valence-electron chi connectivity index (χ0n) is 10.8. The van der Waals surface area contributed by atoms with Gasteiger partial charge in [0.25, 0.3) is 0 Å². The lowest BCUT2D eigenvalue weighted by molar-refractivity contribution is -0.138. The van der Waals surface area contributed by atoms with Crippen LogP contribution in [0.15, 0.2) is 29.8 Å². The molecule has 0 radical (unpaired) electrons. The summed E-state index contributed by atoms with van der Waals surface area (Å²) in [5.74, 6) is -0.227. The molecule has 0 atom stereocenters.